The predicted molar refractivity (Wildman–Crippen MR) is 136 cm³/mol. The van der Waals surface area contributed by atoms with E-state index in [9.17, 15) is 9.59 Å². The zero-order chi connectivity index (χ0) is 26.2. The maximum atomic E-state index is 15.3. The summed E-state index contributed by atoms with van der Waals surface area (Å²) in [4.78, 5) is 31.5. The first-order chi connectivity index (χ1) is 17.8. The van der Waals surface area contributed by atoms with Crippen molar-refractivity contribution >= 4 is 17.5 Å². The summed E-state index contributed by atoms with van der Waals surface area (Å²) in [5.41, 5.74) is 6.93. The van der Waals surface area contributed by atoms with Crippen LogP contribution in [0.4, 0.5) is 10.1 Å². The van der Waals surface area contributed by atoms with Crippen molar-refractivity contribution < 1.29 is 18.7 Å². The summed E-state index contributed by atoms with van der Waals surface area (Å²) in [6, 6.07) is 16.5. The van der Waals surface area contributed by atoms with Gasteiger partial charge in [-0.2, -0.15) is 5.10 Å². The number of hydrogen-bond donors (Lipinski definition) is 1. The van der Waals surface area contributed by atoms with E-state index in [-0.39, 0.29) is 5.75 Å². The molecule has 37 heavy (non-hydrogen) atoms. The lowest BCUT2D eigenvalue weighted by atomic mass is 9.99. The molecule has 1 aliphatic rings. The maximum absolute atomic E-state index is 15.3. The highest BCUT2D eigenvalue weighted by Gasteiger charge is 2.57. The normalized spacial score (nSPS) is 14.6. The largest absolute Gasteiger partial charge is 0.454 e. The van der Waals surface area contributed by atoms with Crippen LogP contribution in [0, 0.1) is 11.2 Å². The molecule has 0 radical (unpaired) electrons. The quantitative estimate of drug-likeness (QED) is 0.352. The van der Waals surface area contributed by atoms with Gasteiger partial charge in [-0.25, -0.2) is 4.39 Å². The Morgan fingerprint density at radius 3 is 2.51 bits per heavy atom. The lowest BCUT2D eigenvalue weighted by Crippen LogP contribution is -2.44. The third-order valence-electron chi connectivity index (χ3n) is 6.67. The van der Waals surface area contributed by atoms with Crippen LogP contribution in [0.5, 0.6) is 11.5 Å². The molecule has 0 unspecified atom stereocenters. The third kappa shape index (κ3) is 4.67. The summed E-state index contributed by atoms with van der Waals surface area (Å²) in [7, 11) is 1.81. The number of halogens is 1. The fourth-order valence-electron chi connectivity index (χ4n) is 4.35. The van der Waals surface area contributed by atoms with E-state index >= 15 is 4.39 Å². The molecule has 2 amide bonds. The number of hydrogen-bond acceptors (Lipinski definition) is 5. The Balaban J connectivity index is 1.46. The van der Waals surface area contributed by atoms with Crippen LogP contribution in [0.2, 0.25) is 0 Å². The Morgan fingerprint density at radius 1 is 1.14 bits per heavy atom. The van der Waals surface area contributed by atoms with Gasteiger partial charge in [-0.3, -0.25) is 19.3 Å². The summed E-state index contributed by atoms with van der Waals surface area (Å²) in [6.07, 6.45) is 5.83. The van der Waals surface area contributed by atoms with Crippen molar-refractivity contribution in [2.75, 3.05) is 4.90 Å². The summed E-state index contributed by atoms with van der Waals surface area (Å²) in [5.74, 6) is -1.36. The van der Waals surface area contributed by atoms with Gasteiger partial charge in [0, 0.05) is 42.8 Å². The summed E-state index contributed by atoms with van der Waals surface area (Å²) >= 11 is 0. The highest BCUT2D eigenvalue weighted by Crippen LogP contribution is 2.49. The van der Waals surface area contributed by atoms with Crippen molar-refractivity contribution in [3.8, 4) is 22.8 Å². The molecule has 2 aromatic carbocycles. The van der Waals surface area contributed by atoms with E-state index in [1.165, 1.54) is 17.0 Å². The average Bonchev–Trinajstić information content (AvgIpc) is 3.61. The van der Waals surface area contributed by atoms with Crippen LogP contribution in [-0.4, -0.2) is 26.6 Å². The maximum Gasteiger partial charge on any atom is 0.243 e. The molecular weight excluding hydrogens is 473 g/mol. The van der Waals surface area contributed by atoms with Crippen LogP contribution < -0.4 is 15.4 Å². The van der Waals surface area contributed by atoms with Crippen LogP contribution in [0.15, 0.2) is 79.3 Å². The molecule has 0 bridgehead atoms. The van der Waals surface area contributed by atoms with Gasteiger partial charge in [-0.1, -0.05) is 30.3 Å². The number of carbonyl (C=O) groups excluding carboxylic acids is 2. The Hall–Kier alpha value is -4.53. The minimum Gasteiger partial charge on any atom is -0.454 e. The number of primary amides is 1. The van der Waals surface area contributed by atoms with E-state index in [2.05, 4.69) is 10.1 Å². The number of aromatic nitrogens is 3. The second-order valence-corrected chi connectivity index (χ2v) is 9.20. The van der Waals surface area contributed by atoms with Gasteiger partial charge in [0.15, 0.2) is 11.6 Å². The molecule has 0 saturated heterocycles. The van der Waals surface area contributed by atoms with Gasteiger partial charge in [-0.15, -0.1) is 0 Å². The fraction of sp³-hybridized carbons (Fsp3) is 0.214. The van der Waals surface area contributed by atoms with Crippen molar-refractivity contribution in [2.45, 2.75) is 25.8 Å². The summed E-state index contributed by atoms with van der Waals surface area (Å²) in [6.45, 7) is 1.84. The summed E-state index contributed by atoms with van der Waals surface area (Å²) < 4.78 is 22.8. The van der Waals surface area contributed by atoms with E-state index in [0.717, 1.165) is 11.1 Å². The Bertz CT molecular complexity index is 1470. The van der Waals surface area contributed by atoms with Gasteiger partial charge in [0.25, 0.3) is 0 Å². The first-order valence-corrected chi connectivity index (χ1v) is 11.9. The van der Waals surface area contributed by atoms with Crippen molar-refractivity contribution in [3.05, 3.63) is 90.6 Å². The fourth-order valence-corrected chi connectivity index (χ4v) is 4.35. The molecule has 2 heterocycles. The van der Waals surface area contributed by atoms with Gasteiger partial charge in [0.05, 0.1) is 17.9 Å². The van der Waals surface area contributed by atoms with Crippen LogP contribution in [0.1, 0.15) is 31.4 Å². The number of amides is 2. The van der Waals surface area contributed by atoms with Gasteiger partial charge < -0.3 is 15.4 Å². The van der Waals surface area contributed by atoms with Crippen LogP contribution in [0.3, 0.4) is 0 Å². The highest BCUT2D eigenvalue weighted by atomic mass is 19.1. The van der Waals surface area contributed by atoms with Crippen molar-refractivity contribution in [3.63, 3.8) is 0 Å². The van der Waals surface area contributed by atoms with E-state index in [4.69, 9.17) is 10.5 Å². The molecule has 0 aliphatic heterocycles. The van der Waals surface area contributed by atoms with Crippen LogP contribution in [0.25, 0.3) is 11.3 Å². The number of ether oxygens (including phenoxy) is 1. The number of pyridine rings is 1. The number of nitrogens with two attached hydrogens (primary N) is 1. The molecular formula is C28H26FN5O3. The Morgan fingerprint density at radius 2 is 1.89 bits per heavy atom. The number of nitrogens with zero attached hydrogens (tertiary/aromatic N) is 4. The molecule has 1 fully saturated rings. The molecule has 0 spiro atoms. The van der Waals surface area contributed by atoms with Gasteiger partial charge in [-0.05, 0) is 43.5 Å². The standard InChI is InChI=1S/C28H26FN5O3/c1-18(19-6-4-3-5-7-19)34(27(36)28(11-12-28)26(30)35)21-8-9-25(23(29)14-21)37-22-10-13-31-24(15-22)20-16-32-33(2)17-20/h3-10,13-18H,11-12H2,1-2H3,(H2,30,35)/t18-/m0/s1. The first kappa shape index (κ1) is 24.2. The minimum atomic E-state index is -1.26. The Kier molecular flexibility index (Phi) is 6.20. The topological polar surface area (TPSA) is 103 Å². The Labute approximate surface area is 213 Å². The zero-order valence-electron chi connectivity index (χ0n) is 20.5. The van der Waals surface area contributed by atoms with E-state index in [1.54, 1.807) is 35.3 Å². The third-order valence-corrected chi connectivity index (χ3v) is 6.67. The number of aryl methyl sites for hydroxylation is 1. The molecule has 1 aliphatic carbocycles. The van der Waals surface area contributed by atoms with Crippen LogP contribution in [-0.2, 0) is 16.6 Å². The second kappa shape index (κ2) is 9.50. The first-order valence-electron chi connectivity index (χ1n) is 11.9. The summed E-state index contributed by atoms with van der Waals surface area (Å²) in [5, 5.41) is 4.14. The van der Waals surface area contributed by atoms with Gasteiger partial charge in [0.2, 0.25) is 11.8 Å². The smallest absolute Gasteiger partial charge is 0.243 e. The van der Waals surface area contributed by atoms with Crippen LogP contribution >= 0.6 is 0 Å². The predicted octanol–water partition coefficient (Wildman–Crippen LogP) is 4.77. The molecule has 188 valence electrons. The van der Waals surface area contributed by atoms with E-state index in [0.29, 0.717) is 30.0 Å². The lowest BCUT2D eigenvalue weighted by Gasteiger charge is -2.32. The molecule has 1 atom stereocenters. The van der Waals surface area contributed by atoms with E-state index in [1.807, 2.05) is 50.5 Å². The zero-order valence-corrected chi connectivity index (χ0v) is 20.5. The molecule has 2 aromatic heterocycles. The number of rotatable bonds is 8. The highest BCUT2D eigenvalue weighted by molar-refractivity contribution is 6.13. The SMILES string of the molecule is C[C@@H](c1ccccc1)N(C(=O)C1(C(N)=O)CC1)c1ccc(Oc2ccnc(-c3cnn(C)c3)c2)c(F)c1. The molecule has 5 rings (SSSR count). The molecule has 4 aromatic rings. The lowest BCUT2D eigenvalue weighted by molar-refractivity contribution is -0.134. The molecule has 2 N–H and O–H groups in total. The minimum absolute atomic E-state index is 0.0112. The van der Waals surface area contributed by atoms with E-state index < -0.39 is 29.1 Å². The molecule has 9 heteroatoms. The monoisotopic (exact) mass is 499 g/mol. The second-order valence-electron chi connectivity index (χ2n) is 9.20. The number of benzene rings is 2. The van der Waals surface area contributed by atoms with Crippen molar-refractivity contribution in [2.24, 2.45) is 18.2 Å². The molecule has 1 saturated carbocycles. The van der Waals surface area contributed by atoms with Crippen molar-refractivity contribution in [1.82, 2.24) is 14.8 Å². The average molecular weight is 500 g/mol. The number of anilines is 1. The number of carbonyl (C=O) groups is 2. The molecule has 8 nitrogen and oxygen atoms in total. The van der Waals surface area contributed by atoms with Crippen molar-refractivity contribution in [1.29, 1.82) is 0 Å². The van der Waals surface area contributed by atoms with Gasteiger partial charge >= 0.3 is 0 Å². The van der Waals surface area contributed by atoms with Gasteiger partial charge in [0.1, 0.15) is 11.2 Å².